The van der Waals surface area contributed by atoms with Crippen LogP contribution >= 0.6 is 22.6 Å². The van der Waals surface area contributed by atoms with Crippen LogP contribution in [0.15, 0.2) is 12.1 Å². The molecule has 17 heavy (non-hydrogen) atoms. The third-order valence-electron chi connectivity index (χ3n) is 1.94. The van der Waals surface area contributed by atoms with Gasteiger partial charge in [-0.05, 0) is 41.6 Å². The van der Waals surface area contributed by atoms with Gasteiger partial charge in [-0.2, -0.15) is 5.26 Å². The number of nitro groups is 1. The number of hydrogen-bond donors (Lipinski definition) is 1. The minimum absolute atomic E-state index is 0.189. The van der Waals surface area contributed by atoms with Gasteiger partial charge in [0.25, 0.3) is 0 Å². The zero-order valence-electron chi connectivity index (χ0n) is 8.85. The van der Waals surface area contributed by atoms with E-state index in [9.17, 15) is 10.1 Å². The van der Waals surface area contributed by atoms with E-state index in [2.05, 4.69) is 0 Å². The minimum Gasteiger partial charge on any atom is -0.486 e. The lowest BCUT2D eigenvalue weighted by Gasteiger charge is -2.08. The van der Waals surface area contributed by atoms with Gasteiger partial charge in [-0.15, -0.1) is 0 Å². The van der Waals surface area contributed by atoms with Crippen LogP contribution in [0.1, 0.15) is 12.0 Å². The van der Waals surface area contributed by atoms with Crippen LogP contribution in [0.25, 0.3) is 0 Å². The van der Waals surface area contributed by atoms with Gasteiger partial charge in [0.1, 0.15) is 0 Å². The Hall–Kier alpha value is -1.40. The number of benzene rings is 1. The van der Waals surface area contributed by atoms with E-state index < -0.39 is 4.92 Å². The number of nitriles is 1. The molecule has 0 aliphatic rings. The Labute approximate surface area is 112 Å². The maximum absolute atomic E-state index is 10.9. The number of ether oxygens (including phenoxy) is 1. The number of hydrogen-bond acceptors (Lipinski definition) is 5. The van der Waals surface area contributed by atoms with E-state index in [1.165, 1.54) is 6.07 Å². The van der Waals surface area contributed by atoms with Crippen LogP contribution in [0.4, 0.5) is 5.69 Å². The van der Waals surface area contributed by atoms with Gasteiger partial charge in [0, 0.05) is 6.07 Å². The molecular weight excluding hydrogens is 337 g/mol. The number of nitrogens with two attached hydrogens (primary N) is 1. The Balaban J connectivity index is 3.09. The van der Waals surface area contributed by atoms with Gasteiger partial charge in [0.05, 0.1) is 26.7 Å². The fourth-order valence-electron chi connectivity index (χ4n) is 1.18. The zero-order chi connectivity index (χ0) is 12.8. The first-order chi connectivity index (χ1) is 8.10. The SMILES string of the molecule is N#Cc1cc(I)c(OCCCN)c([N+](=O)[O-])c1. The summed E-state index contributed by atoms with van der Waals surface area (Å²) in [5.74, 6) is 0.197. The van der Waals surface area contributed by atoms with Crippen LogP contribution in [-0.4, -0.2) is 18.1 Å². The number of nitro benzene ring substituents is 1. The molecule has 0 radical (unpaired) electrons. The van der Waals surface area contributed by atoms with Gasteiger partial charge in [0.2, 0.25) is 5.75 Å². The van der Waals surface area contributed by atoms with Gasteiger partial charge in [-0.25, -0.2) is 0 Å². The lowest BCUT2D eigenvalue weighted by molar-refractivity contribution is -0.386. The highest BCUT2D eigenvalue weighted by Gasteiger charge is 2.20. The number of nitrogens with zero attached hydrogens (tertiary/aromatic N) is 2. The molecule has 0 heterocycles. The molecule has 0 atom stereocenters. The van der Waals surface area contributed by atoms with Gasteiger partial charge >= 0.3 is 5.69 Å². The second kappa shape index (κ2) is 6.36. The van der Waals surface area contributed by atoms with E-state index in [0.717, 1.165) is 0 Å². The highest BCUT2D eigenvalue weighted by atomic mass is 127. The Bertz CT molecular complexity index is 471. The molecule has 0 amide bonds. The zero-order valence-corrected chi connectivity index (χ0v) is 11.0. The predicted molar refractivity (Wildman–Crippen MR) is 69.7 cm³/mol. The average molecular weight is 347 g/mol. The molecule has 0 bridgehead atoms. The largest absolute Gasteiger partial charge is 0.486 e. The molecule has 2 N–H and O–H groups in total. The molecule has 0 spiro atoms. The summed E-state index contributed by atoms with van der Waals surface area (Å²) in [4.78, 5) is 10.3. The third kappa shape index (κ3) is 3.54. The molecule has 1 aromatic carbocycles. The molecule has 0 saturated carbocycles. The summed E-state index contributed by atoms with van der Waals surface area (Å²) in [6.45, 7) is 0.778. The van der Waals surface area contributed by atoms with E-state index in [-0.39, 0.29) is 17.0 Å². The van der Waals surface area contributed by atoms with Crippen molar-refractivity contribution in [2.45, 2.75) is 6.42 Å². The second-order valence-corrected chi connectivity index (χ2v) is 4.33. The monoisotopic (exact) mass is 347 g/mol. The summed E-state index contributed by atoms with van der Waals surface area (Å²) in [6.07, 6.45) is 0.618. The van der Waals surface area contributed by atoms with Gasteiger partial charge in [-0.1, -0.05) is 0 Å². The van der Waals surface area contributed by atoms with Crippen LogP contribution < -0.4 is 10.5 Å². The molecule has 0 fully saturated rings. The van der Waals surface area contributed by atoms with E-state index in [0.29, 0.717) is 23.1 Å². The normalized spacial score (nSPS) is 9.71. The van der Waals surface area contributed by atoms with Crippen molar-refractivity contribution in [3.63, 3.8) is 0 Å². The van der Waals surface area contributed by atoms with Crippen LogP contribution in [0.2, 0.25) is 0 Å². The Morgan fingerprint density at radius 2 is 2.29 bits per heavy atom. The maximum atomic E-state index is 10.9. The van der Waals surface area contributed by atoms with Crippen LogP contribution in [-0.2, 0) is 0 Å². The van der Waals surface area contributed by atoms with Crippen molar-refractivity contribution in [2.24, 2.45) is 5.73 Å². The van der Waals surface area contributed by atoms with E-state index in [1.54, 1.807) is 6.07 Å². The third-order valence-corrected chi connectivity index (χ3v) is 2.75. The van der Waals surface area contributed by atoms with Crippen molar-refractivity contribution >= 4 is 28.3 Å². The van der Waals surface area contributed by atoms with E-state index in [4.69, 9.17) is 15.7 Å². The number of halogens is 1. The van der Waals surface area contributed by atoms with Crippen molar-refractivity contribution in [3.05, 3.63) is 31.4 Å². The highest BCUT2D eigenvalue weighted by molar-refractivity contribution is 14.1. The smallest absolute Gasteiger partial charge is 0.313 e. The molecule has 1 aromatic rings. The minimum atomic E-state index is -0.555. The molecule has 7 heteroatoms. The first-order valence-corrected chi connectivity index (χ1v) is 5.89. The Morgan fingerprint density at radius 1 is 1.59 bits per heavy atom. The van der Waals surface area contributed by atoms with Crippen LogP contribution in [0.5, 0.6) is 5.75 Å². The molecule has 0 aliphatic heterocycles. The quantitative estimate of drug-likeness (QED) is 0.379. The standard InChI is InChI=1S/C10H10IN3O3/c11-8-4-7(6-13)5-9(14(15)16)10(8)17-3-1-2-12/h4-5H,1-3,12H2. The van der Waals surface area contributed by atoms with E-state index >= 15 is 0 Å². The summed E-state index contributed by atoms with van der Waals surface area (Å²) >= 11 is 1.91. The molecule has 1 rings (SSSR count). The molecule has 0 aromatic heterocycles. The van der Waals surface area contributed by atoms with Crippen molar-refractivity contribution in [3.8, 4) is 11.8 Å². The Kier molecular flexibility index (Phi) is 5.11. The fraction of sp³-hybridized carbons (Fsp3) is 0.300. The van der Waals surface area contributed by atoms with Gasteiger partial charge in [-0.3, -0.25) is 10.1 Å². The maximum Gasteiger partial charge on any atom is 0.313 e. The fourth-order valence-corrected chi connectivity index (χ4v) is 1.95. The molecule has 6 nitrogen and oxygen atoms in total. The lowest BCUT2D eigenvalue weighted by atomic mass is 10.2. The molecule has 0 aliphatic carbocycles. The first-order valence-electron chi connectivity index (χ1n) is 4.81. The van der Waals surface area contributed by atoms with E-state index in [1.807, 2.05) is 28.7 Å². The first kappa shape index (κ1) is 13.7. The topological polar surface area (TPSA) is 102 Å². The summed E-state index contributed by atoms with van der Waals surface area (Å²) in [5.41, 5.74) is 5.37. The molecule has 90 valence electrons. The average Bonchev–Trinajstić information content (AvgIpc) is 2.30. The highest BCUT2D eigenvalue weighted by Crippen LogP contribution is 2.33. The number of rotatable bonds is 5. The van der Waals surface area contributed by atoms with Gasteiger partial charge in [0.15, 0.2) is 0 Å². The second-order valence-electron chi connectivity index (χ2n) is 3.17. The summed E-state index contributed by atoms with van der Waals surface area (Å²) in [7, 11) is 0. The summed E-state index contributed by atoms with van der Waals surface area (Å²) in [5, 5.41) is 19.6. The summed E-state index contributed by atoms with van der Waals surface area (Å²) < 4.78 is 5.88. The van der Waals surface area contributed by atoms with Crippen molar-refractivity contribution in [1.29, 1.82) is 5.26 Å². The van der Waals surface area contributed by atoms with Crippen LogP contribution in [0, 0.1) is 25.0 Å². The van der Waals surface area contributed by atoms with Crippen molar-refractivity contribution in [1.82, 2.24) is 0 Å². The molecule has 0 unspecified atom stereocenters. The Morgan fingerprint density at radius 3 is 2.82 bits per heavy atom. The summed E-state index contributed by atoms with van der Waals surface area (Å²) in [6, 6.07) is 4.63. The van der Waals surface area contributed by atoms with Crippen molar-refractivity contribution in [2.75, 3.05) is 13.2 Å². The predicted octanol–water partition coefficient (Wildman–Crippen LogP) is 1.80. The van der Waals surface area contributed by atoms with Crippen molar-refractivity contribution < 1.29 is 9.66 Å². The molecule has 0 saturated heterocycles. The van der Waals surface area contributed by atoms with Crippen LogP contribution in [0.3, 0.4) is 0 Å². The lowest BCUT2D eigenvalue weighted by Crippen LogP contribution is -2.08. The molecular formula is C10H10IN3O3. The van der Waals surface area contributed by atoms with Gasteiger partial charge < -0.3 is 10.5 Å².